The van der Waals surface area contributed by atoms with Gasteiger partial charge in [0.15, 0.2) is 0 Å². The van der Waals surface area contributed by atoms with Crippen LogP contribution in [0.4, 0.5) is 0 Å². The first-order valence-corrected chi connectivity index (χ1v) is 13.4. The minimum atomic E-state index is -1.88. The molecule has 0 amide bonds. The number of hydrogen-bond acceptors (Lipinski definition) is 0. The maximum absolute atomic E-state index is 5.88. The van der Waals surface area contributed by atoms with Crippen molar-refractivity contribution in [3.05, 3.63) is 29.3 Å². The van der Waals surface area contributed by atoms with Crippen LogP contribution in [0.15, 0.2) is 18.2 Å². The van der Waals surface area contributed by atoms with Gasteiger partial charge in [-0.2, -0.15) is 17.2 Å². The summed E-state index contributed by atoms with van der Waals surface area (Å²) < 4.78 is 1.53. The van der Waals surface area contributed by atoms with Crippen LogP contribution in [0.3, 0.4) is 0 Å². The van der Waals surface area contributed by atoms with Crippen LogP contribution in [0.25, 0.3) is 0 Å². The topological polar surface area (TPSA) is 0 Å². The summed E-state index contributed by atoms with van der Waals surface area (Å²) >= 11 is -1.88. The van der Waals surface area contributed by atoms with Gasteiger partial charge in [-0.1, -0.05) is 13.8 Å². The second kappa shape index (κ2) is 7.90. The fourth-order valence-corrected chi connectivity index (χ4v) is 5.92. The van der Waals surface area contributed by atoms with E-state index in [1.54, 1.807) is 0 Å². The van der Waals surface area contributed by atoms with Crippen LogP contribution >= 0.6 is 17.0 Å². The van der Waals surface area contributed by atoms with Gasteiger partial charge in [0.25, 0.3) is 0 Å². The van der Waals surface area contributed by atoms with Crippen molar-refractivity contribution in [2.24, 2.45) is 0 Å². The normalized spacial score (nSPS) is 15.4. The number of halogens is 2. The zero-order chi connectivity index (χ0) is 12.0. The Balaban J connectivity index is 0.000000165. The Kier molecular flexibility index (Phi) is 7.28. The van der Waals surface area contributed by atoms with Gasteiger partial charge in [-0.05, 0) is 0 Å². The van der Waals surface area contributed by atoms with E-state index in [-0.39, 0.29) is 0 Å². The summed E-state index contributed by atoms with van der Waals surface area (Å²) in [7, 11) is 11.8. The van der Waals surface area contributed by atoms with E-state index in [1.807, 2.05) is 0 Å². The number of aryl methyl sites for hydroxylation is 2. The van der Waals surface area contributed by atoms with Crippen LogP contribution in [0.2, 0.25) is 0 Å². The zero-order valence-corrected chi connectivity index (χ0v) is 14.0. The number of hydrogen-bond donors (Lipinski definition) is 0. The summed E-state index contributed by atoms with van der Waals surface area (Å²) in [6.45, 7) is 4.21. The van der Waals surface area contributed by atoms with Gasteiger partial charge in [0.05, 0.1) is 0 Å². The molecule has 1 aliphatic rings. The molecular formula is C13H19Cl2Zr-. The molecular weight excluding hydrogens is 318 g/mol. The van der Waals surface area contributed by atoms with Gasteiger partial charge in [0.2, 0.25) is 0 Å². The molecule has 0 spiro atoms. The van der Waals surface area contributed by atoms with Crippen LogP contribution < -0.4 is 0 Å². The molecule has 0 heterocycles. The minimum absolute atomic E-state index is 1.24. The third-order valence-corrected chi connectivity index (χ3v) is 8.49. The molecule has 1 saturated carbocycles. The van der Waals surface area contributed by atoms with E-state index in [2.05, 4.69) is 32.0 Å². The van der Waals surface area contributed by atoms with Gasteiger partial charge in [-0.3, -0.25) is 0 Å². The van der Waals surface area contributed by atoms with Crippen molar-refractivity contribution in [1.29, 1.82) is 0 Å². The van der Waals surface area contributed by atoms with E-state index in [4.69, 9.17) is 17.0 Å². The first-order chi connectivity index (χ1) is 7.59. The average molecular weight is 337 g/mol. The van der Waals surface area contributed by atoms with Crippen LogP contribution in [0, 0.1) is 13.8 Å². The van der Waals surface area contributed by atoms with Crippen molar-refractivity contribution in [2.75, 3.05) is 0 Å². The van der Waals surface area contributed by atoms with Crippen molar-refractivity contribution >= 4 is 20.2 Å². The van der Waals surface area contributed by atoms with E-state index in [0.717, 1.165) is 0 Å². The Hall–Kier alpha value is 0.683. The van der Waals surface area contributed by atoms with Crippen molar-refractivity contribution < 1.29 is 18.9 Å². The predicted octanol–water partition coefficient (Wildman–Crippen LogP) is 5.07. The molecule has 1 aromatic carbocycles. The van der Waals surface area contributed by atoms with Crippen molar-refractivity contribution in [3.63, 3.8) is 0 Å². The second-order valence-corrected chi connectivity index (χ2v) is 13.0. The molecule has 2 rings (SSSR count). The summed E-state index contributed by atoms with van der Waals surface area (Å²) in [6, 6.07) is 6.41. The van der Waals surface area contributed by atoms with Crippen LogP contribution in [-0.2, 0) is 18.9 Å². The second-order valence-electron chi connectivity index (χ2n) is 4.39. The fraction of sp³-hybridized carbons (Fsp3) is 0.538. The third kappa shape index (κ3) is 5.85. The molecule has 0 unspecified atom stereocenters. The summed E-state index contributed by atoms with van der Waals surface area (Å²) in [4.78, 5) is 0. The van der Waals surface area contributed by atoms with E-state index in [0.29, 0.717) is 0 Å². The summed E-state index contributed by atoms with van der Waals surface area (Å²) in [5, 5.41) is 0. The molecule has 3 heteroatoms. The Labute approximate surface area is 114 Å². The Morgan fingerprint density at radius 3 is 1.75 bits per heavy atom. The number of rotatable bonds is 0. The molecule has 0 aliphatic heterocycles. The Bertz CT molecular complexity index is 324. The third-order valence-electron chi connectivity index (χ3n) is 2.79. The maximum atomic E-state index is 5.88. The standard InChI is InChI=1S/C7H9.C6H10.2ClH.Zr/c1-6-3-4-7(2)5-6;1-2-4-6-5-3-1;;;/h3-5H,1-2H3;1-5H2;2*1H;/q-1;;;;+2/p-2. The Morgan fingerprint density at radius 1 is 1.00 bits per heavy atom. The van der Waals surface area contributed by atoms with Gasteiger partial charge in [0, 0.05) is 0 Å². The molecule has 0 atom stereocenters. The van der Waals surface area contributed by atoms with Gasteiger partial charge in [-0.15, -0.1) is 0 Å². The van der Waals surface area contributed by atoms with Crippen molar-refractivity contribution in [1.82, 2.24) is 0 Å². The van der Waals surface area contributed by atoms with Gasteiger partial charge < -0.3 is 0 Å². The molecule has 0 N–H and O–H groups in total. The van der Waals surface area contributed by atoms with Crippen molar-refractivity contribution in [2.45, 2.75) is 46.0 Å². The van der Waals surface area contributed by atoms with Gasteiger partial charge >= 0.3 is 71.2 Å². The SMILES string of the molecule is Cc1ccc(C)[cH-]1.[Cl][Zr]([Cl])=[C]1CCCCC1. The summed E-state index contributed by atoms with van der Waals surface area (Å²) in [6.07, 6.45) is 6.52. The first kappa shape index (κ1) is 14.7. The molecule has 0 bridgehead atoms. The van der Waals surface area contributed by atoms with Gasteiger partial charge in [-0.25, -0.2) is 12.1 Å². The van der Waals surface area contributed by atoms with Gasteiger partial charge in [0.1, 0.15) is 0 Å². The Morgan fingerprint density at radius 2 is 1.50 bits per heavy atom. The van der Waals surface area contributed by atoms with E-state index in [9.17, 15) is 0 Å². The molecule has 1 aliphatic carbocycles. The fourth-order valence-electron chi connectivity index (χ4n) is 1.89. The molecule has 90 valence electrons. The quantitative estimate of drug-likeness (QED) is 0.580. The van der Waals surface area contributed by atoms with E-state index >= 15 is 0 Å². The molecule has 1 aromatic rings. The molecule has 1 fully saturated rings. The summed E-state index contributed by atoms with van der Waals surface area (Å²) in [5.74, 6) is 0. The molecule has 16 heavy (non-hydrogen) atoms. The predicted molar refractivity (Wildman–Crippen MR) is 71.3 cm³/mol. The van der Waals surface area contributed by atoms with Crippen LogP contribution in [0.1, 0.15) is 43.2 Å². The van der Waals surface area contributed by atoms with Crippen LogP contribution in [0.5, 0.6) is 0 Å². The molecule has 0 aromatic heterocycles. The van der Waals surface area contributed by atoms with E-state index in [1.165, 1.54) is 46.4 Å². The van der Waals surface area contributed by atoms with E-state index < -0.39 is 18.9 Å². The first-order valence-electron chi connectivity index (χ1n) is 5.82. The summed E-state index contributed by atoms with van der Waals surface area (Å²) in [5.41, 5.74) is 2.72. The van der Waals surface area contributed by atoms with Crippen LogP contribution in [-0.4, -0.2) is 3.21 Å². The molecule has 0 radical (unpaired) electrons. The van der Waals surface area contributed by atoms with Crippen molar-refractivity contribution in [3.8, 4) is 0 Å². The molecule has 0 saturated heterocycles. The molecule has 0 nitrogen and oxygen atoms in total. The average Bonchev–Trinajstić information content (AvgIpc) is 2.65. The monoisotopic (exact) mass is 335 g/mol. The zero-order valence-electron chi connectivity index (χ0n) is 10.0.